The van der Waals surface area contributed by atoms with Crippen molar-refractivity contribution < 1.29 is 13.9 Å². The van der Waals surface area contributed by atoms with Crippen molar-refractivity contribution in [3.8, 4) is 0 Å². The first kappa shape index (κ1) is 14.0. The van der Waals surface area contributed by atoms with Crippen LogP contribution in [0.4, 0.5) is 8.78 Å². The fraction of sp³-hybridized carbons (Fsp3) is 0.200. The van der Waals surface area contributed by atoms with Crippen LogP contribution in [0.1, 0.15) is 24.2 Å². The number of halogens is 2. The smallest absolute Gasteiger partial charge is 0.159 e. The minimum absolute atomic E-state index is 0.342. The Labute approximate surface area is 115 Å². The largest absolute Gasteiger partial charge is 0.384 e. The Balaban J connectivity index is 2.22. The fourth-order valence-electron chi connectivity index (χ4n) is 1.79. The lowest BCUT2D eigenvalue weighted by Crippen LogP contribution is -2.01. The first-order valence-corrected chi connectivity index (χ1v) is 6.96. The molecule has 0 amide bonds. The van der Waals surface area contributed by atoms with Gasteiger partial charge in [-0.25, -0.2) is 8.78 Å². The molecule has 0 aliphatic rings. The van der Waals surface area contributed by atoms with Gasteiger partial charge in [-0.1, -0.05) is 25.1 Å². The van der Waals surface area contributed by atoms with Crippen LogP contribution in [-0.4, -0.2) is 10.9 Å². The van der Waals surface area contributed by atoms with Gasteiger partial charge in [-0.05, 0) is 41.1 Å². The van der Waals surface area contributed by atoms with E-state index >= 15 is 0 Å². The Hall–Kier alpha value is -1.39. The highest BCUT2D eigenvalue weighted by atomic mass is 32.2. The van der Waals surface area contributed by atoms with Gasteiger partial charge < -0.3 is 5.11 Å². The predicted octanol–water partition coefficient (Wildman–Crippen LogP) is 4.16. The zero-order valence-electron chi connectivity index (χ0n) is 10.4. The van der Waals surface area contributed by atoms with Gasteiger partial charge in [-0.2, -0.15) is 0 Å². The van der Waals surface area contributed by atoms with E-state index in [1.165, 1.54) is 6.07 Å². The average molecular weight is 280 g/mol. The van der Waals surface area contributed by atoms with Crippen molar-refractivity contribution in [1.82, 2.24) is 0 Å². The summed E-state index contributed by atoms with van der Waals surface area (Å²) in [6.07, 6.45) is -0.948. The zero-order valence-corrected chi connectivity index (χ0v) is 11.3. The maximum atomic E-state index is 13.1. The third kappa shape index (κ3) is 3.33. The van der Waals surface area contributed by atoms with Crippen LogP contribution in [0.15, 0.2) is 47.4 Å². The molecule has 0 heterocycles. The molecule has 100 valence electrons. The van der Waals surface area contributed by atoms with E-state index in [-0.39, 0.29) is 0 Å². The first-order chi connectivity index (χ1) is 9.11. The summed E-state index contributed by atoms with van der Waals surface area (Å²) in [6.45, 7) is 2.06. The normalized spacial score (nSPS) is 12.4. The summed E-state index contributed by atoms with van der Waals surface area (Å²) in [5, 5.41) is 10.1. The summed E-state index contributed by atoms with van der Waals surface area (Å²) in [5.74, 6) is -0.884. The quantitative estimate of drug-likeness (QED) is 0.849. The van der Waals surface area contributed by atoms with Gasteiger partial charge in [0.1, 0.15) is 6.10 Å². The summed E-state index contributed by atoms with van der Waals surface area (Å²) < 4.78 is 26.0. The highest BCUT2D eigenvalue weighted by molar-refractivity contribution is 7.99. The van der Waals surface area contributed by atoms with Crippen molar-refractivity contribution in [3.63, 3.8) is 0 Å². The van der Waals surface area contributed by atoms with Crippen molar-refractivity contribution in [3.05, 3.63) is 65.2 Å². The van der Waals surface area contributed by atoms with Gasteiger partial charge in [0, 0.05) is 4.90 Å². The monoisotopic (exact) mass is 280 g/mol. The molecular formula is C15H14F2OS. The van der Waals surface area contributed by atoms with Crippen molar-refractivity contribution >= 4 is 11.8 Å². The Morgan fingerprint density at radius 1 is 1.00 bits per heavy atom. The van der Waals surface area contributed by atoms with E-state index in [2.05, 4.69) is 6.92 Å². The summed E-state index contributed by atoms with van der Waals surface area (Å²) in [7, 11) is 0. The summed E-state index contributed by atoms with van der Waals surface area (Å²) in [5.41, 5.74) is 1.00. The van der Waals surface area contributed by atoms with Crippen LogP contribution >= 0.6 is 11.8 Å². The summed E-state index contributed by atoms with van der Waals surface area (Å²) >= 11 is 1.70. The molecule has 0 radical (unpaired) electrons. The predicted molar refractivity (Wildman–Crippen MR) is 73.3 cm³/mol. The molecule has 0 aliphatic carbocycles. The van der Waals surface area contributed by atoms with E-state index in [9.17, 15) is 13.9 Å². The topological polar surface area (TPSA) is 20.2 Å². The lowest BCUT2D eigenvalue weighted by atomic mass is 10.0. The molecule has 0 aromatic heterocycles. The number of aliphatic hydroxyl groups is 1. The SMILES string of the molecule is CCSc1ccc(C(O)c2ccc(F)c(F)c2)cc1. The maximum Gasteiger partial charge on any atom is 0.159 e. The van der Waals surface area contributed by atoms with Crippen molar-refractivity contribution in [2.24, 2.45) is 0 Å². The molecule has 0 fully saturated rings. The van der Waals surface area contributed by atoms with Crippen LogP contribution in [0.2, 0.25) is 0 Å². The van der Waals surface area contributed by atoms with E-state index < -0.39 is 17.7 Å². The van der Waals surface area contributed by atoms with Crippen LogP contribution in [0.5, 0.6) is 0 Å². The minimum atomic E-state index is -0.949. The van der Waals surface area contributed by atoms with Crippen LogP contribution in [-0.2, 0) is 0 Å². The molecule has 0 spiro atoms. The highest BCUT2D eigenvalue weighted by Crippen LogP contribution is 2.26. The molecule has 19 heavy (non-hydrogen) atoms. The Bertz CT molecular complexity index is 555. The lowest BCUT2D eigenvalue weighted by Gasteiger charge is -2.12. The van der Waals surface area contributed by atoms with Crippen LogP contribution in [0.3, 0.4) is 0 Å². The highest BCUT2D eigenvalue weighted by Gasteiger charge is 2.12. The van der Waals surface area contributed by atoms with Gasteiger partial charge in [0.25, 0.3) is 0 Å². The number of hydrogen-bond acceptors (Lipinski definition) is 2. The van der Waals surface area contributed by atoms with Gasteiger partial charge in [-0.15, -0.1) is 11.8 Å². The average Bonchev–Trinajstić information content (AvgIpc) is 2.42. The number of aliphatic hydroxyl groups excluding tert-OH is 1. The molecule has 2 aromatic rings. The van der Waals surface area contributed by atoms with E-state index in [0.717, 1.165) is 22.8 Å². The van der Waals surface area contributed by atoms with Crippen molar-refractivity contribution in [2.45, 2.75) is 17.9 Å². The fourth-order valence-corrected chi connectivity index (χ4v) is 2.45. The number of benzene rings is 2. The summed E-state index contributed by atoms with van der Waals surface area (Å²) in [6, 6.07) is 10.8. The zero-order chi connectivity index (χ0) is 13.8. The number of hydrogen-bond donors (Lipinski definition) is 1. The van der Waals surface area contributed by atoms with Crippen molar-refractivity contribution in [1.29, 1.82) is 0 Å². The van der Waals surface area contributed by atoms with Crippen LogP contribution in [0.25, 0.3) is 0 Å². The number of thioether (sulfide) groups is 1. The molecular weight excluding hydrogens is 266 g/mol. The molecule has 1 unspecified atom stereocenters. The molecule has 4 heteroatoms. The molecule has 0 bridgehead atoms. The minimum Gasteiger partial charge on any atom is -0.384 e. The van der Waals surface area contributed by atoms with E-state index in [4.69, 9.17) is 0 Å². The molecule has 2 aromatic carbocycles. The van der Waals surface area contributed by atoms with Gasteiger partial charge in [0.2, 0.25) is 0 Å². The van der Waals surface area contributed by atoms with Crippen LogP contribution < -0.4 is 0 Å². The van der Waals surface area contributed by atoms with Gasteiger partial charge in [0.15, 0.2) is 11.6 Å². The second kappa shape index (κ2) is 6.17. The third-order valence-corrected chi connectivity index (χ3v) is 3.66. The second-order valence-electron chi connectivity index (χ2n) is 4.08. The van der Waals surface area contributed by atoms with Gasteiger partial charge in [-0.3, -0.25) is 0 Å². The Morgan fingerprint density at radius 3 is 2.21 bits per heavy atom. The van der Waals surface area contributed by atoms with Crippen molar-refractivity contribution in [2.75, 3.05) is 5.75 Å². The molecule has 1 atom stereocenters. The Kier molecular flexibility index (Phi) is 4.56. The molecule has 1 N–H and O–H groups in total. The number of rotatable bonds is 4. The molecule has 0 aliphatic heterocycles. The second-order valence-corrected chi connectivity index (χ2v) is 5.42. The molecule has 2 rings (SSSR count). The standard InChI is InChI=1S/C15H14F2OS/c1-2-19-12-6-3-10(4-7-12)15(18)11-5-8-13(16)14(17)9-11/h3-9,15,18H,2H2,1H3. The molecule has 0 saturated carbocycles. The van der Waals surface area contributed by atoms with E-state index in [0.29, 0.717) is 11.1 Å². The van der Waals surface area contributed by atoms with Gasteiger partial charge >= 0.3 is 0 Å². The maximum absolute atomic E-state index is 13.1. The van der Waals surface area contributed by atoms with Crippen LogP contribution in [0, 0.1) is 11.6 Å². The first-order valence-electron chi connectivity index (χ1n) is 5.97. The van der Waals surface area contributed by atoms with E-state index in [1.54, 1.807) is 23.9 Å². The molecule has 1 nitrogen and oxygen atoms in total. The van der Waals surface area contributed by atoms with E-state index in [1.807, 2.05) is 12.1 Å². The Morgan fingerprint density at radius 2 is 1.63 bits per heavy atom. The third-order valence-electron chi connectivity index (χ3n) is 2.77. The lowest BCUT2D eigenvalue weighted by molar-refractivity contribution is 0.219. The van der Waals surface area contributed by atoms with Gasteiger partial charge in [0.05, 0.1) is 0 Å². The summed E-state index contributed by atoms with van der Waals surface area (Å²) in [4.78, 5) is 1.11. The molecule has 0 saturated heterocycles.